The van der Waals surface area contributed by atoms with E-state index in [0.717, 1.165) is 38.0 Å². The number of hydrogen-bond acceptors (Lipinski definition) is 8. The summed E-state index contributed by atoms with van der Waals surface area (Å²) in [6, 6.07) is 18.2. The van der Waals surface area contributed by atoms with Crippen molar-refractivity contribution in [3.05, 3.63) is 60.2 Å². The van der Waals surface area contributed by atoms with Crippen LogP contribution in [0.2, 0.25) is 0 Å². The fourth-order valence-electron chi connectivity index (χ4n) is 2.94. The molecule has 0 unspecified atom stereocenters. The van der Waals surface area contributed by atoms with Crippen molar-refractivity contribution >= 4 is 59.4 Å². The summed E-state index contributed by atoms with van der Waals surface area (Å²) in [5.74, 6) is 0. The zero-order chi connectivity index (χ0) is 21.6. The number of unbranched alkanes of at least 4 members (excludes halogenated alkanes) is 1. The summed E-state index contributed by atoms with van der Waals surface area (Å²) < 4.78 is 1.05. The van der Waals surface area contributed by atoms with Crippen molar-refractivity contribution in [2.24, 2.45) is 20.5 Å². The molecule has 0 saturated carbocycles. The van der Waals surface area contributed by atoms with E-state index in [1.807, 2.05) is 61.5 Å². The summed E-state index contributed by atoms with van der Waals surface area (Å²) in [7, 11) is 4.02. The van der Waals surface area contributed by atoms with Crippen molar-refractivity contribution in [2.75, 3.05) is 19.0 Å². The van der Waals surface area contributed by atoms with Crippen LogP contribution < -0.4 is 4.90 Å². The van der Waals surface area contributed by atoms with Gasteiger partial charge in [0, 0.05) is 19.8 Å². The summed E-state index contributed by atoms with van der Waals surface area (Å²) in [6.07, 6.45) is 3.53. The summed E-state index contributed by atoms with van der Waals surface area (Å²) in [6.45, 7) is 2.21. The van der Waals surface area contributed by atoms with E-state index in [0.29, 0.717) is 5.13 Å². The van der Waals surface area contributed by atoms with Crippen molar-refractivity contribution in [3.63, 3.8) is 0 Å². The summed E-state index contributed by atoms with van der Waals surface area (Å²) in [4.78, 5) is 7.51. The van der Waals surface area contributed by atoms with E-state index in [2.05, 4.69) is 44.5 Å². The second-order valence-corrected chi connectivity index (χ2v) is 9.35. The highest BCUT2D eigenvalue weighted by molar-refractivity contribution is 7.30. The predicted molar refractivity (Wildman–Crippen MR) is 132 cm³/mol. The third-order valence-electron chi connectivity index (χ3n) is 4.70. The molecule has 0 aliphatic carbocycles. The maximum Gasteiger partial charge on any atom is 0.231 e. The summed E-state index contributed by atoms with van der Waals surface area (Å²) >= 11 is 3.02. The molecule has 0 fully saturated rings. The van der Waals surface area contributed by atoms with Crippen molar-refractivity contribution in [2.45, 2.75) is 26.2 Å². The molecule has 4 rings (SSSR count). The molecule has 2 aromatic heterocycles. The first-order valence-corrected chi connectivity index (χ1v) is 11.8. The SMILES string of the molecule is CCCCc1ccc(N=Nc2cc3sc(N=Nc4ccc(N(C)C)cc4)nc3s2)cc1. The highest BCUT2D eigenvalue weighted by Gasteiger charge is 2.08. The number of aryl methyl sites for hydroxylation is 1. The van der Waals surface area contributed by atoms with Gasteiger partial charge in [0.15, 0.2) is 0 Å². The van der Waals surface area contributed by atoms with E-state index >= 15 is 0 Å². The lowest BCUT2D eigenvalue weighted by Gasteiger charge is -2.11. The van der Waals surface area contributed by atoms with Gasteiger partial charge in [-0.1, -0.05) is 48.2 Å². The largest absolute Gasteiger partial charge is 0.378 e. The predicted octanol–water partition coefficient (Wildman–Crippen LogP) is 8.60. The van der Waals surface area contributed by atoms with Crippen LogP contribution in [0.3, 0.4) is 0 Å². The molecule has 0 radical (unpaired) electrons. The third kappa shape index (κ3) is 5.59. The van der Waals surface area contributed by atoms with Gasteiger partial charge in [-0.2, -0.15) is 0 Å². The number of thiophene rings is 1. The van der Waals surface area contributed by atoms with E-state index in [1.165, 1.54) is 41.1 Å². The minimum atomic E-state index is 0.643. The normalized spacial score (nSPS) is 11.8. The Kier molecular flexibility index (Phi) is 6.79. The first-order valence-electron chi connectivity index (χ1n) is 10.2. The number of benzene rings is 2. The first-order chi connectivity index (χ1) is 15.1. The average Bonchev–Trinajstić information content (AvgIpc) is 3.34. The zero-order valence-electron chi connectivity index (χ0n) is 17.8. The van der Waals surface area contributed by atoms with Gasteiger partial charge in [-0.25, -0.2) is 4.98 Å². The molecule has 158 valence electrons. The summed E-state index contributed by atoms with van der Waals surface area (Å²) in [5, 5.41) is 18.8. The van der Waals surface area contributed by atoms with Gasteiger partial charge in [0.1, 0.15) is 9.83 Å². The highest BCUT2D eigenvalue weighted by Crippen LogP contribution is 2.39. The number of rotatable bonds is 8. The van der Waals surface area contributed by atoms with Crippen LogP contribution in [-0.4, -0.2) is 19.1 Å². The second-order valence-electron chi connectivity index (χ2n) is 7.33. The third-order valence-corrected chi connectivity index (χ3v) is 6.63. The fourth-order valence-corrected chi connectivity index (χ4v) is 4.79. The average molecular weight is 449 g/mol. The molecule has 0 saturated heterocycles. The van der Waals surface area contributed by atoms with Gasteiger partial charge < -0.3 is 4.90 Å². The number of anilines is 1. The molecule has 0 spiro atoms. The molecular weight excluding hydrogens is 424 g/mol. The smallest absolute Gasteiger partial charge is 0.231 e. The maximum absolute atomic E-state index is 4.56. The van der Waals surface area contributed by atoms with Crippen LogP contribution >= 0.6 is 22.7 Å². The topological polar surface area (TPSA) is 65.6 Å². The quantitative estimate of drug-likeness (QED) is 0.253. The Bertz CT molecular complexity index is 1160. The van der Waals surface area contributed by atoms with Crippen LogP contribution in [0, 0.1) is 0 Å². The lowest BCUT2D eigenvalue weighted by atomic mass is 10.1. The highest BCUT2D eigenvalue weighted by atomic mass is 32.1. The van der Waals surface area contributed by atoms with Gasteiger partial charge in [-0.05, 0) is 60.9 Å². The molecule has 4 aromatic rings. The van der Waals surface area contributed by atoms with Crippen molar-refractivity contribution in [1.82, 2.24) is 4.98 Å². The Hall–Kier alpha value is -2.97. The van der Waals surface area contributed by atoms with E-state index in [-0.39, 0.29) is 0 Å². The molecule has 2 heterocycles. The van der Waals surface area contributed by atoms with E-state index in [9.17, 15) is 0 Å². The van der Waals surface area contributed by atoms with Gasteiger partial charge in [0.2, 0.25) is 5.13 Å². The van der Waals surface area contributed by atoms with Crippen LogP contribution in [0.4, 0.5) is 27.2 Å². The van der Waals surface area contributed by atoms with E-state index in [4.69, 9.17) is 0 Å². The van der Waals surface area contributed by atoms with Crippen LogP contribution in [-0.2, 0) is 6.42 Å². The first kappa shape index (κ1) is 21.3. The van der Waals surface area contributed by atoms with E-state index < -0.39 is 0 Å². The number of aromatic nitrogens is 1. The Labute approximate surface area is 190 Å². The molecule has 6 nitrogen and oxygen atoms in total. The standard InChI is InChI=1S/C23H24N6S2/c1-4-5-6-16-7-9-17(10-8-16)25-27-21-15-20-22(31-21)24-23(30-20)28-26-18-11-13-19(14-12-18)29(2)3/h7-15H,4-6H2,1-3H3. The van der Waals surface area contributed by atoms with Crippen LogP contribution in [0.5, 0.6) is 0 Å². The fraction of sp³-hybridized carbons (Fsp3) is 0.261. The molecule has 0 N–H and O–H groups in total. The van der Waals surface area contributed by atoms with Gasteiger partial charge >= 0.3 is 0 Å². The van der Waals surface area contributed by atoms with Crippen molar-refractivity contribution < 1.29 is 0 Å². The summed E-state index contributed by atoms with van der Waals surface area (Å²) in [5.41, 5.74) is 4.14. The molecule has 31 heavy (non-hydrogen) atoms. The molecule has 8 heteroatoms. The number of thiazole rings is 1. The zero-order valence-corrected chi connectivity index (χ0v) is 19.5. The number of hydrogen-bond donors (Lipinski definition) is 0. The van der Waals surface area contributed by atoms with Crippen molar-refractivity contribution in [1.29, 1.82) is 0 Å². The molecule has 0 aliphatic heterocycles. The van der Waals surface area contributed by atoms with Gasteiger partial charge in [-0.15, -0.1) is 20.5 Å². The molecular formula is C23H24N6S2. The number of fused-ring (bicyclic) bond motifs is 1. The van der Waals surface area contributed by atoms with E-state index in [1.54, 1.807) is 0 Å². The molecule has 0 atom stereocenters. The Balaban J connectivity index is 1.40. The Morgan fingerprint density at radius 2 is 1.52 bits per heavy atom. The number of azo groups is 2. The van der Waals surface area contributed by atoms with Crippen LogP contribution in [0.15, 0.2) is 75.1 Å². The van der Waals surface area contributed by atoms with Crippen LogP contribution in [0.25, 0.3) is 9.53 Å². The monoisotopic (exact) mass is 448 g/mol. The molecule has 0 aliphatic rings. The Morgan fingerprint density at radius 3 is 2.16 bits per heavy atom. The molecule has 2 aromatic carbocycles. The lowest BCUT2D eigenvalue weighted by molar-refractivity contribution is 0.795. The van der Waals surface area contributed by atoms with Gasteiger partial charge in [0.25, 0.3) is 0 Å². The van der Waals surface area contributed by atoms with Crippen molar-refractivity contribution in [3.8, 4) is 0 Å². The minimum Gasteiger partial charge on any atom is -0.378 e. The van der Waals surface area contributed by atoms with Gasteiger partial charge in [0.05, 0.1) is 16.1 Å². The second kappa shape index (κ2) is 9.89. The Morgan fingerprint density at radius 1 is 0.839 bits per heavy atom. The maximum atomic E-state index is 4.56. The van der Waals surface area contributed by atoms with Crippen LogP contribution in [0.1, 0.15) is 25.3 Å². The molecule has 0 bridgehead atoms. The minimum absolute atomic E-state index is 0.643. The lowest BCUT2D eigenvalue weighted by Crippen LogP contribution is -2.07. The van der Waals surface area contributed by atoms with Gasteiger partial charge in [-0.3, -0.25) is 0 Å². The number of nitrogens with zero attached hydrogens (tertiary/aromatic N) is 6. The molecule has 0 amide bonds.